The van der Waals surface area contributed by atoms with E-state index in [-0.39, 0.29) is 5.78 Å². The van der Waals surface area contributed by atoms with Crippen LogP contribution in [0.1, 0.15) is 45.5 Å². The number of ether oxygens (including phenoxy) is 2. The van der Waals surface area contributed by atoms with Crippen LogP contribution in [0.15, 0.2) is 89.6 Å². The molecule has 5 heteroatoms. The van der Waals surface area contributed by atoms with Crippen LogP contribution in [-0.2, 0) is 16.1 Å². The molecular formula is C29H25NO4. The molecule has 170 valence electrons. The lowest BCUT2D eigenvalue weighted by atomic mass is 9.79. The van der Waals surface area contributed by atoms with Gasteiger partial charge in [0.25, 0.3) is 0 Å². The highest BCUT2D eigenvalue weighted by atomic mass is 16.5. The molecular weight excluding hydrogens is 426 g/mol. The topological polar surface area (TPSA) is 64.6 Å². The molecule has 0 amide bonds. The number of fused-ring (bicyclic) bond motifs is 2. The van der Waals surface area contributed by atoms with E-state index in [4.69, 9.17) is 9.47 Å². The van der Waals surface area contributed by atoms with Gasteiger partial charge >= 0.3 is 5.97 Å². The maximum Gasteiger partial charge on any atom is 0.336 e. The van der Waals surface area contributed by atoms with E-state index in [0.717, 1.165) is 28.0 Å². The van der Waals surface area contributed by atoms with Crippen molar-refractivity contribution in [3.63, 3.8) is 0 Å². The molecule has 5 rings (SSSR count). The summed E-state index contributed by atoms with van der Waals surface area (Å²) in [6.07, 6.45) is 0. The number of esters is 1. The minimum Gasteiger partial charge on any atom is -0.489 e. The normalized spacial score (nSPS) is 16.7. The number of hydrogen-bond acceptors (Lipinski definition) is 5. The van der Waals surface area contributed by atoms with E-state index in [0.29, 0.717) is 34.8 Å². The van der Waals surface area contributed by atoms with E-state index >= 15 is 0 Å². The number of nitrogens with one attached hydrogen (secondary N) is 1. The summed E-state index contributed by atoms with van der Waals surface area (Å²) in [5.74, 6) is -0.553. The van der Waals surface area contributed by atoms with Crippen molar-refractivity contribution >= 4 is 17.4 Å². The number of Topliss-reactive ketones (excluding diaryl/α,β-unsaturated/α-hetero) is 1. The zero-order chi connectivity index (χ0) is 23.8. The monoisotopic (exact) mass is 451 g/mol. The summed E-state index contributed by atoms with van der Waals surface area (Å²) in [5, 5.41) is 3.31. The Hall–Kier alpha value is -4.12. The lowest BCUT2D eigenvalue weighted by Gasteiger charge is -2.30. The van der Waals surface area contributed by atoms with Gasteiger partial charge in [-0.3, -0.25) is 4.79 Å². The zero-order valence-corrected chi connectivity index (χ0v) is 19.3. The first kappa shape index (κ1) is 21.7. The van der Waals surface area contributed by atoms with Crippen molar-refractivity contribution in [2.24, 2.45) is 0 Å². The molecule has 2 aliphatic rings. The second-order valence-corrected chi connectivity index (χ2v) is 8.57. The molecule has 1 heterocycles. The molecule has 0 radical (unpaired) electrons. The molecule has 0 aromatic heterocycles. The van der Waals surface area contributed by atoms with Gasteiger partial charge in [-0.25, -0.2) is 4.79 Å². The first-order valence-corrected chi connectivity index (χ1v) is 11.2. The Kier molecular flexibility index (Phi) is 5.54. The van der Waals surface area contributed by atoms with Crippen molar-refractivity contribution in [2.45, 2.75) is 26.4 Å². The third-order valence-corrected chi connectivity index (χ3v) is 6.36. The standard InChI is InChI=1S/C29H25NO4/c1-17-9-8-10-19(15-17)16-34-23-14-7-6-13-22(23)25-24(29(32)33-3)18(2)30-27-20-11-4-5-12-21(20)28(31)26(25)27/h4-15,25,30H,16H2,1-3H3. The van der Waals surface area contributed by atoms with Gasteiger partial charge in [-0.1, -0.05) is 72.3 Å². The number of methoxy groups -OCH3 is 1. The Bertz CT molecular complexity index is 1380. The average Bonchev–Trinajstić information content (AvgIpc) is 3.13. The number of benzene rings is 3. The molecule has 1 atom stereocenters. The molecule has 1 aliphatic carbocycles. The predicted octanol–water partition coefficient (Wildman–Crippen LogP) is 5.32. The number of aryl methyl sites for hydroxylation is 1. The van der Waals surface area contributed by atoms with Crippen molar-refractivity contribution in [2.75, 3.05) is 7.11 Å². The highest BCUT2D eigenvalue weighted by molar-refractivity contribution is 6.23. The number of carbonyl (C=O) groups is 2. The van der Waals surface area contributed by atoms with Gasteiger partial charge in [0.15, 0.2) is 5.78 Å². The molecule has 0 saturated heterocycles. The molecule has 1 unspecified atom stereocenters. The Morgan fingerprint density at radius 2 is 1.68 bits per heavy atom. The third kappa shape index (κ3) is 3.59. The van der Waals surface area contributed by atoms with E-state index in [1.54, 1.807) is 0 Å². The summed E-state index contributed by atoms with van der Waals surface area (Å²) in [6.45, 7) is 4.25. The SMILES string of the molecule is COC(=O)C1=C(C)NC2=C(C(=O)c3ccccc32)C1c1ccccc1OCc1cccc(C)c1. The second kappa shape index (κ2) is 8.67. The maximum absolute atomic E-state index is 13.6. The van der Waals surface area contributed by atoms with Gasteiger partial charge in [-0.15, -0.1) is 0 Å². The molecule has 0 saturated carbocycles. The Morgan fingerprint density at radius 3 is 2.44 bits per heavy atom. The number of para-hydroxylation sites is 1. The van der Waals surface area contributed by atoms with Crippen LogP contribution in [0.2, 0.25) is 0 Å². The lowest BCUT2D eigenvalue weighted by molar-refractivity contribution is -0.136. The maximum atomic E-state index is 13.6. The van der Waals surface area contributed by atoms with Crippen LogP contribution in [0.25, 0.3) is 5.70 Å². The van der Waals surface area contributed by atoms with Crippen LogP contribution < -0.4 is 10.1 Å². The molecule has 3 aromatic rings. The summed E-state index contributed by atoms with van der Waals surface area (Å²) < 4.78 is 11.4. The van der Waals surface area contributed by atoms with Crippen molar-refractivity contribution < 1.29 is 19.1 Å². The van der Waals surface area contributed by atoms with Crippen LogP contribution in [0, 0.1) is 6.92 Å². The Morgan fingerprint density at radius 1 is 0.941 bits per heavy atom. The quantitative estimate of drug-likeness (QED) is 0.532. The van der Waals surface area contributed by atoms with Crippen LogP contribution in [0.5, 0.6) is 5.75 Å². The van der Waals surface area contributed by atoms with Crippen LogP contribution in [-0.4, -0.2) is 18.9 Å². The molecule has 0 spiro atoms. The second-order valence-electron chi connectivity index (χ2n) is 8.57. The van der Waals surface area contributed by atoms with Gasteiger partial charge in [0, 0.05) is 28.0 Å². The fraction of sp³-hybridized carbons (Fsp3) is 0.172. The first-order valence-electron chi connectivity index (χ1n) is 11.2. The smallest absolute Gasteiger partial charge is 0.336 e. The average molecular weight is 452 g/mol. The molecule has 0 fully saturated rings. The number of dihydropyridines is 1. The lowest BCUT2D eigenvalue weighted by Crippen LogP contribution is -2.29. The summed E-state index contributed by atoms with van der Waals surface area (Å²) in [5.41, 5.74) is 6.78. The predicted molar refractivity (Wildman–Crippen MR) is 130 cm³/mol. The van der Waals surface area contributed by atoms with Crippen LogP contribution >= 0.6 is 0 Å². The van der Waals surface area contributed by atoms with Crippen LogP contribution in [0.3, 0.4) is 0 Å². The van der Waals surface area contributed by atoms with Crippen molar-refractivity contribution in [3.05, 3.63) is 117 Å². The highest BCUT2D eigenvalue weighted by Gasteiger charge is 2.43. The van der Waals surface area contributed by atoms with E-state index in [2.05, 4.69) is 11.4 Å². The van der Waals surface area contributed by atoms with E-state index < -0.39 is 11.9 Å². The zero-order valence-electron chi connectivity index (χ0n) is 19.3. The first-order chi connectivity index (χ1) is 16.5. The number of rotatable bonds is 5. The largest absolute Gasteiger partial charge is 0.489 e. The van der Waals surface area contributed by atoms with E-state index in [1.807, 2.05) is 80.6 Å². The summed E-state index contributed by atoms with van der Waals surface area (Å²) >= 11 is 0. The van der Waals surface area contributed by atoms with Gasteiger partial charge in [0.1, 0.15) is 12.4 Å². The molecule has 0 bridgehead atoms. The number of allylic oxidation sites excluding steroid dienone is 2. The van der Waals surface area contributed by atoms with Gasteiger partial charge in [0.2, 0.25) is 0 Å². The van der Waals surface area contributed by atoms with Gasteiger partial charge in [0.05, 0.1) is 24.3 Å². The molecule has 34 heavy (non-hydrogen) atoms. The molecule has 1 N–H and O–H groups in total. The molecule has 1 aliphatic heterocycles. The minimum atomic E-state index is -0.614. The van der Waals surface area contributed by atoms with Gasteiger partial charge < -0.3 is 14.8 Å². The van der Waals surface area contributed by atoms with Crippen LogP contribution in [0.4, 0.5) is 0 Å². The summed E-state index contributed by atoms with van der Waals surface area (Å²) in [7, 11) is 1.36. The number of hydrogen-bond donors (Lipinski definition) is 1. The van der Waals surface area contributed by atoms with Gasteiger partial charge in [-0.05, 0) is 25.5 Å². The fourth-order valence-corrected chi connectivity index (χ4v) is 4.83. The van der Waals surface area contributed by atoms with E-state index in [1.165, 1.54) is 7.11 Å². The van der Waals surface area contributed by atoms with Crippen molar-refractivity contribution in [1.29, 1.82) is 0 Å². The number of carbonyl (C=O) groups excluding carboxylic acids is 2. The Balaban J connectivity index is 1.62. The minimum absolute atomic E-state index is 0.0921. The molecule has 3 aromatic carbocycles. The Labute approximate surface area is 198 Å². The number of ketones is 1. The summed E-state index contributed by atoms with van der Waals surface area (Å²) in [4.78, 5) is 26.6. The third-order valence-electron chi connectivity index (χ3n) is 6.36. The van der Waals surface area contributed by atoms with E-state index in [9.17, 15) is 9.59 Å². The summed E-state index contributed by atoms with van der Waals surface area (Å²) in [6, 6.07) is 23.2. The van der Waals surface area contributed by atoms with Crippen molar-refractivity contribution in [1.82, 2.24) is 5.32 Å². The van der Waals surface area contributed by atoms with Gasteiger partial charge in [-0.2, -0.15) is 0 Å². The molecule has 5 nitrogen and oxygen atoms in total. The van der Waals surface area contributed by atoms with Crippen molar-refractivity contribution in [3.8, 4) is 5.75 Å². The fourth-order valence-electron chi connectivity index (χ4n) is 4.83. The highest BCUT2D eigenvalue weighted by Crippen LogP contribution is 2.48.